The second kappa shape index (κ2) is 4.84. The Labute approximate surface area is 99.7 Å². The largest absolute Gasteiger partial charge is 0.392 e. The van der Waals surface area contributed by atoms with Crippen LogP contribution in [-0.4, -0.2) is 28.3 Å². The van der Waals surface area contributed by atoms with Gasteiger partial charge in [0.25, 0.3) is 0 Å². The Morgan fingerprint density at radius 1 is 1.62 bits per heavy atom. The molecule has 1 aromatic heterocycles. The minimum Gasteiger partial charge on any atom is -0.392 e. The van der Waals surface area contributed by atoms with E-state index in [1.165, 1.54) is 0 Å². The molecule has 0 radical (unpaired) electrons. The van der Waals surface area contributed by atoms with Gasteiger partial charge < -0.3 is 10.0 Å². The van der Waals surface area contributed by atoms with E-state index in [2.05, 4.69) is 17.6 Å². The van der Waals surface area contributed by atoms with Crippen LogP contribution in [0.1, 0.15) is 12.0 Å². The minimum absolute atomic E-state index is 0.0762. The topological polar surface area (TPSA) is 53.4 Å². The zero-order valence-corrected chi connectivity index (χ0v) is 9.73. The van der Waals surface area contributed by atoms with Gasteiger partial charge in [-0.25, -0.2) is 0 Å². The van der Waals surface area contributed by atoms with Crippen LogP contribution in [0.5, 0.6) is 0 Å². The Balaban J connectivity index is 2.27. The van der Waals surface area contributed by atoms with Gasteiger partial charge in [-0.1, -0.05) is 0 Å². The quantitative estimate of drug-likeness (QED) is 0.768. The molecule has 1 aliphatic heterocycles. The van der Waals surface area contributed by atoms with Crippen LogP contribution < -0.4 is 4.90 Å². The monoisotopic (exact) mass is 238 g/mol. The van der Waals surface area contributed by atoms with E-state index in [1.54, 1.807) is 23.4 Å². The molecule has 1 amide bonds. The van der Waals surface area contributed by atoms with E-state index < -0.39 is 0 Å². The number of aromatic nitrogens is 1. The molecule has 1 aliphatic rings. The average molecular weight is 238 g/mol. The van der Waals surface area contributed by atoms with Gasteiger partial charge in [-0.15, -0.1) is 0 Å². The van der Waals surface area contributed by atoms with Gasteiger partial charge in [0.15, 0.2) is 0 Å². The molecule has 86 valence electrons. The van der Waals surface area contributed by atoms with Crippen molar-refractivity contribution < 1.29 is 9.90 Å². The molecule has 0 aromatic carbocycles. The van der Waals surface area contributed by atoms with Crippen molar-refractivity contribution in [3.63, 3.8) is 0 Å². The van der Waals surface area contributed by atoms with Crippen molar-refractivity contribution in [1.82, 2.24) is 4.98 Å². The van der Waals surface area contributed by atoms with Crippen LogP contribution in [0, 0.1) is 5.92 Å². The van der Waals surface area contributed by atoms with Crippen molar-refractivity contribution in [2.75, 3.05) is 17.2 Å². The Hall–Kier alpha value is -1.07. The fourth-order valence-electron chi connectivity index (χ4n) is 1.93. The van der Waals surface area contributed by atoms with Crippen molar-refractivity contribution in [2.45, 2.75) is 13.0 Å². The summed E-state index contributed by atoms with van der Waals surface area (Å²) < 4.78 is 0. The highest BCUT2D eigenvalue weighted by Crippen LogP contribution is 2.27. The highest BCUT2D eigenvalue weighted by Gasteiger charge is 2.30. The number of amides is 1. The number of pyridine rings is 1. The van der Waals surface area contributed by atoms with Crippen molar-refractivity contribution in [2.24, 2.45) is 5.92 Å². The number of carbonyl (C=O) groups is 1. The maximum absolute atomic E-state index is 11.8. The Kier molecular flexibility index (Phi) is 3.46. The van der Waals surface area contributed by atoms with Gasteiger partial charge in [0.1, 0.15) is 0 Å². The molecule has 5 heteroatoms. The van der Waals surface area contributed by atoms with Crippen LogP contribution in [0.15, 0.2) is 18.5 Å². The highest BCUT2D eigenvalue weighted by atomic mass is 32.1. The van der Waals surface area contributed by atoms with Crippen LogP contribution in [-0.2, 0) is 11.4 Å². The normalized spacial score (nSPS) is 20.5. The van der Waals surface area contributed by atoms with Gasteiger partial charge >= 0.3 is 0 Å². The van der Waals surface area contributed by atoms with E-state index in [1.807, 2.05) is 0 Å². The third-order valence-electron chi connectivity index (χ3n) is 2.81. The third kappa shape index (κ3) is 2.05. The molecule has 2 rings (SSSR count). The van der Waals surface area contributed by atoms with Crippen molar-refractivity contribution in [3.8, 4) is 0 Å². The summed E-state index contributed by atoms with van der Waals surface area (Å²) in [5.41, 5.74) is 1.46. The summed E-state index contributed by atoms with van der Waals surface area (Å²) >= 11 is 4.21. The lowest BCUT2D eigenvalue weighted by Gasteiger charge is -2.18. The van der Waals surface area contributed by atoms with Crippen LogP contribution >= 0.6 is 12.6 Å². The number of aliphatic hydroxyl groups is 1. The summed E-state index contributed by atoms with van der Waals surface area (Å²) in [5.74, 6) is 1.08. The molecule has 1 unspecified atom stereocenters. The van der Waals surface area contributed by atoms with Crippen LogP contribution in [0.25, 0.3) is 0 Å². The SMILES string of the molecule is O=C1CC(CS)CN1c1cnccc1CO. The molecule has 16 heavy (non-hydrogen) atoms. The summed E-state index contributed by atoms with van der Waals surface area (Å²) in [6.45, 7) is 0.591. The molecular weight excluding hydrogens is 224 g/mol. The maximum Gasteiger partial charge on any atom is 0.227 e. The first-order valence-electron chi connectivity index (χ1n) is 5.21. The number of carbonyl (C=O) groups excluding carboxylic acids is 1. The van der Waals surface area contributed by atoms with E-state index in [-0.39, 0.29) is 12.5 Å². The number of rotatable bonds is 3. The second-order valence-electron chi connectivity index (χ2n) is 3.92. The van der Waals surface area contributed by atoms with Gasteiger partial charge in [-0.2, -0.15) is 12.6 Å². The van der Waals surface area contributed by atoms with E-state index in [9.17, 15) is 9.90 Å². The number of hydrogen-bond acceptors (Lipinski definition) is 4. The summed E-state index contributed by atoms with van der Waals surface area (Å²) in [5, 5.41) is 9.21. The first-order chi connectivity index (χ1) is 7.76. The number of aliphatic hydroxyl groups excluding tert-OH is 1. The number of thiol groups is 1. The van der Waals surface area contributed by atoms with E-state index in [0.29, 0.717) is 24.6 Å². The van der Waals surface area contributed by atoms with Gasteiger partial charge in [-0.05, 0) is 17.7 Å². The second-order valence-corrected chi connectivity index (χ2v) is 4.28. The lowest BCUT2D eigenvalue weighted by Crippen LogP contribution is -2.26. The zero-order chi connectivity index (χ0) is 11.5. The molecule has 1 atom stereocenters. The molecule has 1 aromatic rings. The van der Waals surface area contributed by atoms with Gasteiger partial charge in [0.05, 0.1) is 18.5 Å². The molecule has 1 fully saturated rings. The van der Waals surface area contributed by atoms with Gasteiger partial charge in [-0.3, -0.25) is 9.78 Å². The summed E-state index contributed by atoms with van der Waals surface area (Å²) in [6.07, 6.45) is 3.78. The molecule has 1 N–H and O–H groups in total. The fraction of sp³-hybridized carbons (Fsp3) is 0.455. The first kappa shape index (κ1) is 11.4. The van der Waals surface area contributed by atoms with Gasteiger partial charge in [0, 0.05) is 24.7 Å². The zero-order valence-electron chi connectivity index (χ0n) is 8.83. The number of hydrogen-bond donors (Lipinski definition) is 2. The molecule has 0 bridgehead atoms. The van der Waals surface area contributed by atoms with Crippen LogP contribution in [0.2, 0.25) is 0 Å². The lowest BCUT2D eigenvalue weighted by atomic mass is 10.1. The Bertz CT molecular complexity index is 397. The number of nitrogens with zero attached hydrogens (tertiary/aromatic N) is 2. The van der Waals surface area contributed by atoms with E-state index >= 15 is 0 Å². The molecule has 0 spiro atoms. The fourth-order valence-corrected chi connectivity index (χ4v) is 2.17. The Morgan fingerprint density at radius 3 is 3.06 bits per heavy atom. The molecular formula is C11H14N2O2S. The third-order valence-corrected chi connectivity index (χ3v) is 3.33. The van der Waals surface area contributed by atoms with Crippen LogP contribution in [0.3, 0.4) is 0 Å². The first-order valence-corrected chi connectivity index (χ1v) is 5.84. The molecule has 1 saturated heterocycles. The highest BCUT2D eigenvalue weighted by molar-refractivity contribution is 7.80. The standard InChI is InChI=1S/C11H14N2O2S/c14-6-9-1-2-12-4-10(9)13-5-8(7-16)3-11(13)15/h1-2,4,8,14,16H,3,5-7H2. The molecule has 0 aliphatic carbocycles. The van der Waals surface area contributed by atoms with Crippen LogP contribution in [0.4, 0.5) is 5.69 Å². The van der Waals surface area contributed by atoms with Crippen molar-refractivity contribution in [1.29, 1.82) is 0 Å². The summed E-state index contributed by atoms with van der Waals surface area (Å²) in [4.78, 5) is 17.5. The van der Waals surface area contributed by atoms with E-state index in [4.69, 9.17) is 0 Å². The Morgan fingerprint density at radius 2 is 2.44 bits per heavy atom. The van der Waals surface area contributed by atoms with E-state index in [0.717, 1.165) is 11.3 Å². The summed E-state index contributed by atoms with van der Waals surface area (Å²) in [7, 11) is 0. The average Bonchev–Trinajstić information content (AvgIpc) is 2.70. The molecule has 0 saturated carbocycles. The summed E-state index contributed by atoms with van der Waals surface area (Å²) in [6, 6.07) is 1.73. The minimum atomic E-state index is -0.0762. The predicted octanol–water partition coefficient (Wildman–Crippen LogP) is 0.857. The van der Waals surface area contributed by atoms with Crippen molar-refractivity contribution >= 4 is 24.2 Å². The van der Waals surface area contributed by atoms with Crippen molar-refractivity contribution in [3.05, 3.63) is 24.0 Å². The smallest absolute Gasteiger partial charge is 0.227 e. The lowest BCUT2D eigenvalue weighted by molar-refractivity contribution is -0.117. The molecule has 4 nitrogen and oxygen atoms in total. The predicted molar refractivity (Wildman–Crippen MR) is 64.5 cm³/mol. The van der Waals surface area contributed by atoms with Gasteiger partial charge in [0.2, 0.25) is 5.91 Å². The molecule has 2 heterocycles. The maximum atomic E-state index is 11.8. The number of anilines is 1.